The van der Waals surface area contributed by atoms with E-state index in [0.717, 1.165) is 18.1 Å². The smallest absolute Gasteiger partial charge is 0.128 e. The van der Waals surface area contributed by atoms with E-state index in [4.69, 9.17) is 23.2 Å². The van der Waals surface area contributed by atoms with Crippen LogP contribution in [0.15, 0.2) is 12.1 Å². The highest BCUT2D eigenvalue weighted by Crippen LogP contribution is 2.24. The quantitative estimate of drug-likeness (QED) is 0.795. The molecule has 2 rings (SSSR count). The Morgan fingerprint density at radius 1 is 1.37 bits per heavy atom. The highest BCUT2D eigenvalue weighted by atomic mass is 35.5. The molecule has 0 aromatic carbocycles. The van der Waals surface area contributed by atoms with Crippen LogP contribution in [0.1, 0.15) is 25.5 Å². The van der Waals surface area contributed by atoms with E-state index in [1.807, 2.05) is 12.1 Å². The van der Waals surface area contributed by atoms with Gasteiger partial charge in [0.2, 0.25) is 0 Å². The molecule has 0 unspecified atom stereocenters. The summed E-state index contributed by atoms with van der Waals surface area (Å²) >= 11 is 11.9. The van der Waals surface area contributed by atoms with Crippen molar-refractivity contribution in [1.82, 2.24) is 9.88 Å². The summed E-state index contributed by atoms with van der Waals surface area (Å²) in [4.78, 5) is 9.31. The largest absolute Gasteiger partial charge is 0.357 e. The van der Waals surface area contributed by atoms with Crippen LogP contribution >= 0.6 is 23.2 Å². The molecule has 0 radical (unpaired) electrons. The molecule has 19 heavy (non-hydrogen) atoms. The van der Waals surface area contributed by atoms with Crippen LogP contribution in [0.5, 0.6) is 0 Å². The number of anilines is 1. The monoisotopic (exact) mass is 301 g/mol. The van der Waals surface area contributed by atoms with Gasteiger partial charge in [0.25, 0.3) is 0 Å². The third-order valence-electron chi connectivity index (χ3n) is 3.94. The third kappa shape index (κ3) is 3.53. The molecule has 1 fully saturated rings. The minimum atomic E-state index is 0.356. The highest BCUT2D eigenvalue weighted by Gasteiger charge is 2.22. The Morgan fingerprint density at radius 2 is 2.05 bits per heavy atom. The highest BCUT2D eigenvalue weighted by molar-refractivity contribution is 6.32. The Bertz CT molecular complexity index is 417. The number of aromatic nitrogens is 1. The van der Waals surface area contributed by atoms with Crippen molar-refractivity contribution in [3.05, 3.63) is 22.8 Å². The first-order chi connectivity index (χ1) is 9.15. The van der Waals surface area contributed by atoms with E-state index in [0.29, 0.717) is 16.9 Å². The fraction of sp³-hybridized carbons (Fsp3) is 0.643. The van der Waals surface area contributed by atoms with Gasteiger partial charge in [0.05, 0.1) is 16.6 Å². The Morgan fingerprint density at radius 3 is 2.63 bits per heavy atom. The summed E-state index contributed by atoms with van der Waals surface area (Å²) in [5, 5.41) is 0.646. The standard InChI is InChI=1S/C14H21Cl2N3/c1-3-19-8-6-11(7-9-19)18(2)14-5-4-12(16)13(10-15)17-14/h4-5,11H,3,6-10H2,1-2H3. The molecule has 106 valence electrons. The average Bonchev–Trinajstić information content (AvgIpc) is 2.47. The Kier molecular flexibility index (Phi) is 5.31. The zero-order valence-corrected chi connectivity index (χ0v) is 13.1. The van der Waals surface area contributed by atoms with Crippen LogP contribution in [0.3, 0.4) is 0 Å². The van der Waals surface area contributed by atoms with E-state index >= 15 is 0 Å². The number of pyridine rings is 1. The van der Waals surface area contributed by atoms with Crippen molar-refractivity contribution in [3.63, 3.8) is 0 Å². The number of nitrogens with zero attached hydrogens (tertiary/aromatic N) is 3. The summed E-state index contributed by atoms with van der Waals surface area (Å²) in [6, 6.07) is 4.42. The number of piperidine rings is 1. The lowest BCUT2D eigenvalue weighted by molar-refractivity contribution is 0.220. The van der Waals surface area contributed by atoms with E-state index in [1.165, 1.54) is 25.9 Å². The Labute approximate surface area is 125 Å². The maximum atomic E-state index is 6.05. The molecule has 1 aromatic heterocycles. The van der Waals surface area contributed by atoms with Gasteiger partial charge in [-0.3, -0.25) is 0 Å². The van der Waals surface area contributed by atoms with Gasteiger partial charge in [0, 0.05) is 26.2 Å². The van der Waals surface area contributed by atoms with Crippen molar-refractivity contribution in [1.29, 1.82) is 0 Å². The van der Waals surface area contributed by atoms with Gasteiger partial charge in [-0.05, 0) is 31.5 Å². The molecule has 0 bridgehead atoms. The molecule has 5 heteroatoms. The van der Waals surface area contributed by atoms with Gasteiger partial charge in [0.15, 0.2) is 0 Å². The van der Waals surface area contributed by atoms with Crippen molar-refractivity contribution >= 4 is 29.0 Å². The van der Waals surface area contributed by atoms with Crippen LogP contribution in [0.25, 0.3) is 0 Å². The van der Waals surface area contributed by atoms with Crippen LogP contribution in [0.2, 0.25) is 5.02 Å². The van der Waals surface area contributed by atoms with Crippen molar-refractivity contribution < 1.29 is 0 Å². The molecule has 0 amide bonds. The first kappa shape index (κ1) is 14.9. The number of alkyl halides is 1. The fourth-order valence-electron chi connectivity index (χ4n) is 2.57. The molecular weight excluding hydrogens is 281 g/mol. The summed E-state index contributed by atoms with van der Waals surface area (Å²) in [5.74, 6) is 1.32. The lowest BCUT2D eigenvalue weighted by atomic mass is 10.0. The zero-order chi connectivity index (χ0) is 13.8. The average molecular weight is 302 g/mol. The molecule has 0 atom stereocenters. The van der Waals surface area contributed by atoms with Gasteiger partial charge < -0.3 is 9.80 Å². The van der Waals surface area contributed by atoms with Crippen molar-refractivity contribution in [2.45, 2.75) is 31.7 Å². The van der Waals surface area contributed by atoms with Crippen LogP contribution < -0.4 is 4.90 Å². The topological polar surface area (TPSA) is 19.4 Å². The molecule has 3 nitrogen and oxygen atoms in total. The molecule has 0 spiro atoms. The second-order valence-corrected chi connectivity index (χ2v) is 5.68. The summed E-state index contributed by atoms with van der Waals surface area (Å²) < 4.78 is 0. The molecule has 1 aromatic rings. The third-order valence-corrected chi connectivity index (χ3v) is 4.54. The molecule has 1 saturated heterocycles. The second-order valence-electron chi connectivity index (χ2n) is 5.01. The number of hydrogen-bond acceptors (Lipinski definition) is 3. The van der Waals surface area contributed by atoms with Crippen molar-refractivity contribution in [2.75, 3.05) is 31.6 Å². The molecule has 1 aliphatic rings. The van der Waals surface area contributed by atoms with Gasteiger partial charge in [-0.25, -0.2) is 4.98 Å². The zero-order valence-electron chi connectivity index (χ0n) is 11.6. The van der Waals surface area contributed by atoms with E-state index in [-0.39, 0.29) is 0 Å². The predicted octanol–water partition coefficient (Wildman–Crippen LogP) is 3.39. The maximum absolute atomic E-state index is 6.05. The van der Waals surface area contributed by atoms with E-state index in [1.54, 1.807) is 0 Å². The molecular formula is C14H21Cl2N3. The second kappa shape index (κ2) is 6.78. The minimum absolute atomic E-state index is 0.356. The SMILES string of the molecule is CCN1CCC(N(C)c2ccc(Cl)c(CCl)n2)CC1. The van der Waals surface area contributed by atoms with Gasteiger partial charge in [-0.15, -0.1) is 11.6 Å². The molecule has 0 saturated carbocycles. The normalized spacial score (nSPS) is 17.7. The summed E-state index contributed by atoms with van der Waals surface area (Å²) in [5.41, 5.74) is 0.763. The van der Waals surface area contributed by atoms with Crippen molar-refractivity contribution in [3.8, 4) is 0 Å². The first-order valence-electron chi connectivity index (χ1n) is 6.82. The maximum Gasteiger partial charge on any atom is 0.128 e. The lowest BCUT2D eigenvalue weighted by Crippen LogP contribution is -2.43. The minimum Gasteiger partial charge on any atom is -0.357 e. The van der Waals surface area contributed by atoms with Crippen LogP contribution in [0.4, 0.5) is 5.82 Å². The van der Waals surface area contributed by atoms with Crippen LogP contribution in [-0.4, -0.2) is 42.6 Å². The molecule has 0 aliphatic carbocycles. The van der Waals surface area contributed by atoms with E-state index in [2.05, 4.69) is 28.8 Å². The van der Waals surface area contributed by atoms with Gasteiger partial charge in [-0.1, -0.05) is 18.5 Å². The molecule has 2 heterocycles. The summed E-state index contributed by atoms with van der Waals surface area (Å²) in [6.07, 6.45) is 2.37. The Balaban J connectivity index is 2.05. The van der Waals surface area contributed by atoms with E-state index in [9.17, 15) is 0 Å². The fourth-order valence-corrected chi connectivity index (χ4v) is 3.02. The first-order valence-corrected chi connectivity index (χ1v) is 7.73. The predicted molar refractivity (Wildman–Crippen MR) is 82.3 cm³/mol. The van der Waals surface area contributed by atoms with Gasteiger partial charge >= 0.3 is 0 Å². The van der Waals surface area contributed by atoms with Crippen LogP contribution in [0, 0.1) is 0 Å². The van der Waals surface area contributed by atoms with Crippen molar-refractivity contribution in [2.24, 2.45) is 0 Å². The van der Waals surface area contributed by atoms with E-state index < -0.39 is 0 Å². The molecule has 1 aliphatic heterocycles. The number of halogens is 2. The van der Waals surface area contributed by atoms with Gasteiger partial charge in [-0.2, -0.15) is 0 Å². The van der Waals surface area contributed by atoms with Crippen LogP contribution in [-0.2, 0) is 5.88 Å². The molecule has 0 N–H and O–H groups in total. The summed E-state index contributed by atoms with van der Waals surface area (Å²) in [6.45, 7) is 5.70. The van der Waals surface area contributed by atoms with Gasteiger partial charge in [0.1, 0.15) is 5.82 Å². The number of likely N-dealkylation sites (tertiary alicyclic amines) is 1. The Hall–Kier alpha value is -0.510. The lowest BCUT2D eigenvalue weighted by Gasteiger charge is -2.37. The number of rotatable bonds is 4. The number of hydrogen-bond donors (Lipinski definition) is 0. The summed E-state index contributed by atoms with van der Waals surface area (Å²) in [7, 11) is 2.11.